The number of aryl methyl sites for hydroxylation is 1. The van der Waals surface area contributed by atoms with Crippen molar-refractivity contribution >= 4 is 5.84 Å². The summed E-state index contributed by atoms with van der Waals surface area (Å²) in [5, 5.41) is 13.7. The van der Waals surface area contributed by atoms with E-state index in [1.807, 2.05) is 37.3 Å². The molecule has 0 saturated heterocycles. The van der Waals surface area contributed by atoms with E-state index in [-0.39, 0.29) is 6.04 Å². The monoisotopic (exact) mass is 303 g/mol. The summed E-state index contributed by atoms with van der Waals surface area (Å²) in [6, 6.07) is 9.60. The Bertz CT molecular complexity index is 449. The molecule has 0 aliphatic rings. The highest BCUT2D eigenvalue weighted by molar-refractivity contribution is 5.83. The highest BCUT2D eigenvalue weighted by Crippen LogP contribution is 2.26. The summed E-state index contributed by atoms with van der Waals surface area (Å²) in [6.07, 6.45) is -3.07. The lowest BCUT2D eigenvalue weighted by Gasteiger charge is -2.22. The van der Waals surface area contributed by atoms with E-state index in [9.17, 15) is 13.2 Å². The molecular formula is C14H20F3N3O. The zero-order chi connectivity index (χ0) is 15.9. The molecule has 0 aliphatic carbocycles. The lowest BCUT2D eigenvalue weighted by molar-refractivity contribution is -0.155. The standard InChI is InChI=1S/C14H20F3N3O/c1-10(7-8-11-5-3-2-4-6-11)19-9-12(13(18)20-21)14(15,16)17/h2-6,10,12,19,21H,7-9H2,1H3,(H2,18,20). The Kier molecular flexibility index (Phi) is 6.48. The molecule has 0 fully saturated rings. The van der Waals surface area contributed by atoms with Crippen LogP contribution in [0.1, 0.15) is 18.9 Å². The molecule has 1 rings (SSSR count). The third-order valence-corrected chi connectivity index (χ3v) is 3.25. The minimum atomic E-state index is -4.54. The van der Waals surface area contributed by atoms with Crippen molar-refractivity contribution in [2.45, 2.75) is 32.0 Å². The van der Waals surface area contributed by atoms with E-state index in [0.29, 0.717) is 6.42 Å². The highest BCUT2D eigenvalue weighted by atomic mass is 19.4. The van der Waals surface area contributed by atoms with E-state index < -0.39 is 24.5 Å². The number of oxime groups is 1. The molecule has 4 N–H and O–H groups in total. The van der Waals surface area contributed by atoms with Gasteiger partial charge in [-0.15, -0.1) is 0 Å². The molecule has 0 bridgehead atoms. The van der Waals surface area contributed by atoms with Crippen molar-refractivity contribution in [1.29, 1.82) is 0 Å². The molecule has 21 heavy (non-hydrogen) atoms. The predicted octanol–water partition coefficient (Wildman–Crippen LogP) is 2.52. The van der Waals surface area contributed by atoms with Crippen LogP contribution in [0.4, 0.5) is 13.2 Å². The Morgan fingerprint density at radius 2 is 1.95 bits per heavy atom. The van der Waals surface area contributed by atoms with Crippen molar-refractivity contribution in [3.63, 3.8) is 0 Å². The van der Waals surface area contributed by atoms with Gasteiger partial charge >= 0.3 is 6.18 Å². The lowest BCUT2D eigenvalue weighted by atomic mass is 10.0. The molecule has 118 valence electrons. The third kappa shape index (κ3) is 6.03. The van der Waals surface area contributed by atoms with Gasteiger partial charge in [-0.3, -0.25) is 0 Å². The van der Waals surface area contributed by atoms with Crippen LogP contribution in [0, 0.1) is 5.92 Å². The van der Waals surface area contributed by atoms with Crippen molar-refractivity contribution in [2.24, 2.45) is 16.8 Å². The second-order valence-electron chi connectivity index (χ2n) is 4.95. The fourth-order valence-corrected chi connectivity index (χ4v) is 1.91. The first-order valence-electron chi connectivity index (χ1n) is 6.66. The fourth-order valence-electron chi connectivity index (χ4n) is 1.91. The zero-order valence-corrected chi connectivity index (χ0v) is 11.8. The van der Waals surface area contributed by atoms with E-state index in [4.69, 9.17) is 10.9 Å². The van der Waals surface area contributed by atoms with Gasteiger partial charge in [-0.2, -0.15) is 13.2 Å². The van der Waals surface area contributed by atoms with Crippen molar-refractivity contribution in [1.82, 2.24) is 5.32 Å². The second kappa shape index (κ2) is 7.87. The molecule has 1 aromatic rings. The summed E-state index contributed by atoms with van der Waals surface area (Å²) in [5.41, 5.74) is 6.23. The van der Waals surface area contributed by atoms with Gasteiger partial charge in [0.05, 0.1) is 0 Å². The van der Waals surface area contributed by atoms with Gasteiger partial charge in [0.1, 0.15) is 5.92 Å². The molecule has 1 aromatic carbocycles. The fraction of sp³-hybridized carbons (Fsp3) is 0.500. The molecule has 2 unspecified atom stereocenters. The number of nitrogens with zero attached hydrogens (tertiary/aromatic N) is 1. The van der Waals surface area contributed by atoms with Crippen LogP contribution < -0.4 is 11.1 Å². The number of hydrogen-bond acceptors (Lipinski definition) is 3. The Morgan fingerprint density at radius 1 is 1.33 bits per heavy atom. The molecule has 0 heterocycles. The number of nitrogens with two attached hydrogens (primary N) is 1. The average Bonchev–Trinajstić information content (AvgIpc) is 2.44. The van der Waals surface area contributed by atoms with Crippen LogP contribution in [0.2, 0.25) is 0 Å². The van der Waals surface area contributed by atoms with E-state index in [2.05, 4.69) is 10.5 Å². The van der Waals surface area contributed by atoms with E-state index in [1.54, 1.807) is 0 Å². The molecule has 4 nitrogen and oxygen atoms in total. The number of nitrogens with one attached hydrogen (secondary N) is 1. The van der Waals surface area contributed by atoms with Crippen molar-refractivity contribution in [3.8, 4) is 0 Å². The smallest absolute Gasteiger partial charge is 0.400 e. The van der Waals surface area contributed by atoms with Crippen LogP contribution in [-0.2, 0) is 6.42 Å². The molecule has 7 heteroatoms. The Balaban J connectivity index is 2.45. The van der Waals surface area contributed by atoms with Crippen LogP contribution in [0.15, 0.2) is 35.5 Å². The minimum Gasteiger partial charge on any atom is -0.409 e. The lowest BCUT2D eigenvalue weighted by Crippen LogP contribution is -2.44. The van der Waals surface area contributed by atoms with Gasteiger partial charge in [0.2, 0.25) is 0 Å². The highest BCUT2D eigenvalue weighted by Gasteiger charge is 2.42. The maximum atomic E-state index is 12.7. The van der Waals surface area contributed by atoms with Gasteiger partial charge in [-0.05, 0) is 25.3 Å². The number of rotatable bonds is 7. The normalized spacial score (nSPS) is 15.7. The van der Waals surface area contributed by atoms with Gasteiger partial charge in [0, 0.05) is 12.6 Å². The van der Waals surface area contributed by atoms with Crippen LogP contribution in [0.5, 0.6) is 0 Å². The quantitative estimate of drug-likeness (QED) is 0.314. The summed E-state index contributed by atoms with van der Waals surface area (Å²) in [5.74, 6) is -2.81. The van der Waals surface area contributed by atoms with Crippen LogP contribution in [0.3, 0.4) is 0 Å². The van der Waals surface area contributed by atoms with Crippen molar-refractivity contribution in [3.05, 3.63) is 35.9 Å². The molecule has 0 aliphatic heterocycles. The first kappa shape index (κ1) is 17.3. The molecule has 0 aromatic heterocycles. The van der Waals surface area contributed by atoms with Crippen LogP contribution >= 0.6 is 0 Å². The maximum Gasteiger partial charge on any atom is 0.400 e. The summed E-state index contributed by atoms with van der Waals surface area (Å²) < 4.78 is 38.2. The van der Waals surface area contributed by atoms with Gasteiger partial charge in [-0.1, -0.05) is 35.5 Å². The summed E-state index contributed by atoms with van der Waals surface area (Å²) in [6.45, 7) is 1.40. The Morgan fingerprint density at radius 3 is 2.48 bits per heavy atom. The zero-order valence-electron chi connectivity index (χ0n) is 11.8. The first-order chi connectivity index (χ1) is 9.84. The van der Waals surface area contributed by atoms with Crippen molar-refractivity contribution < 1.29 is 18.4 Å². The van der Waals surface area contributed by atoms with Crippen molar-refractivity contribution in [2.75, 3.05) is 6.54 Å². The Labute approximate surface area is 121 Å². The average molecular weight is 303 g/mol. The van der Waals surface area contributed by atoms with E-state index in [1.165, 1.54) is 0 Å². The SMILES string of the molecule is CC(CCc1ccccc1)NCC(/C(N)=N/O)C(F)(F)F. The first-order valence-corrected chi connectivity index (χ1v) is 6.66. The van der Waals surface area contributed by atoms with Gasteiger partial charge < -0.3 is 16.3 Å². The van der Waals surface area contributed by atoms with Gasteiger partial charge in [0.25, 0.3) is 0 Å². The maximum absolute atomic E-state index is 12.7. The topological polar surface area (TPSA) is 70.6 Å². The van der Waals surface area contributed by atoms with E-state index >= 15 is 0 Å². The van der Waals surface area contributed by atoms with Crippen LogP contribution in [0.25, 0.3) is 0 Å². The molecule has 0 amide bonds. The minimum absolute atomic E-state index is 0.110. The number of benzene rings is 1. The number of alkyl halides is 3. The molecule has 0 saturated carbocycles. The Hall–Kier alpha value is -1.76. The summed E-state index contributed by atoms with van der Waals surface area (Å²) in [4.78, 5) is 0. The molecular weight excluding hydrogens is 283 g/mol. The third-order valence-electron chi connectivity index (χ3n) is 3.25. The second-order valence-corrected chi connectivity index (χ2v) is 4.95. The number of amidine groups is 1. The molecule has 2 atom stereocenters. The number of halogens is 3. The number of hydrogen-bond donors (Lipinski definition) is 3. The summed E-state index contributed by atoms with van der Waals surface area (Å²) in [7, 11) is 0. The summed E-state index contributed by atoms with van der Waals surface area (Å²) >= 11 is 0. The van der Waals surface area contributed by atoms with Gasteiger partial charge in [0.15, 0.2) is 5.84 Å². The molecule has 0 spiro atoms. The largest absolute Gasteiger partial charge is 0.409 e. The van der Waals surface area contributed by atoms with Gasteiger partial charge in [-0.25, -0.2) is 0 Å². The predicted molar refractivity (Wildman–Crippen MR) is 75.2 cm³/mol. The van der Waals surface area contributed by atoms with E-state index in [0.717, 1.165) is 12.0 Å². The van der Waals surface area contributed by atoms with Crippen LogP contribution in [-0.4, -0.2) is 29.8 Å². The molecule has 0 radical (unpaired) electrons.